The number of nitrogens with zero attached hydrogens (tertiary/aromatic N) is 3. The van der Waals surface area contributed by atoms with Gasteiger partial charge in [-0.1, -0.05) is 24.8 Å². The van der Waals surface area contributed by atoms with Gasteiger partial charge in [0.15, 0.2) is 5.13 Å². The molecule has 188 valence electrons. The first-order valence-corrected chi connectivity index (χ1v) is 14.3. The summed E-state index contributed by atoms with van der Waals surface area (Å²) in [6, 6.07) is 5.95. The van der Waals surface area contributed by atoms with Crippen LogP contribution >= 0.6 is 23.1 Å². The van der Waals surface area contributed by atoms with Crippen LogP contribution in [-0.2, 0) is 6.54 Å². The minimum absolute atomic E-state index is 0.0721. The van der Waals surface area contributed by atoms with Crippen LogP contribution in [-0.4, -0.2) is 54.1 Å². The van der Waals surface area contributed by atoms with Gasteiger partial charge >= 0.3 is 0 Å². The van der Waals surface area contributed by atoms with Crippen molar-refractivity contribution in [2.45, 2.75) is 31.2 Å². The molecular formula is C27H31N5O2S2. The molecule has 2 N–H and O–H groups in total. The number of thiazole rings is 1. The maximum Gasteiger partial charge on any atom is 0.275 e. The number of anilines is 1. The number of likely N-dealkylation sites (tertiary alicyclic amines) is 1. The van der Waals surface area contributed by atoms with Gasteiger partial charge in [-0.05, 0) is 55.2 Å². The predicted molar refractivity (Wildman–Crippen MR) is 146 cm³/mol. The summed E-state index contributed by atoms with van der Waals surface area (Å²) in [6.45, 7) is 10.4. The Morgan fingerprint density at radius 2 is 2.08 bits per heavy atom. The highest BCUT2D eigenvalue weighted by atomic mass is 32.2. The lowest BCUT2D eigenvalue weighted by molar-refractivity contribution is 0.0703. The molecule has 0 aliphatic carbocycles. The Labute approximate surface area is 220 Å². The molecule has 3 aliphatic heterocycles. The van der Waals surface area contributed by atoms with Gasteiger partial charge in [0.25, 0.3) is 11.8 Å². The number of hydrogen-bond acceptors (Lipinski definition) is 7. The molecule has 2 amide bonds. The van der Waals surface area contributed by atoms with Gasteiger partial charge < -0.3 is 15.5 Å². The summed E-state index contributed by atoms with van der Waals surface area (Å²) in [5, 5.41) is 8.71. The van der Waals surface area contributed by atoms with E-state index in [0.29, 0.717) is 28.3 Å². The fourth-order valence-corrected chi connectivity index (χ4v) is 6.30. The van der Waals surface area contributed by atoms with Gasteiger partial charge in [0.2, 0.25) is 0 Å². The van der Waals surface area contributed by atoms with Crippen LogP contribution in [0.1, 0.15) is 46.2 Å². The monoisotopic (exact) mass is 521 g/mol. The van der Waals surface area contributed by atoms with Crippen LogP contribution in [0.2, 0.25) is 0 Å². The van der Waals surface area contributed by atoms with Gasteiger partial charge in [0.05, 0.1) is 17.9 Å². The third kappa shape index (κ3) is 4.63. The van der Waals surface area contributed by atoms with E-state index in [9.17, 15) is 9.59 Å². The van der Waals surface area contributed by atoms with Gasteiger partial charge in [-0.25, -0.2) is 4.98 Å². The first kappa shape index (κ1) is 24.8. The minimum atomic E-state index is -0.286. The normalized spacial score (nSPS) is 19.3. The molecule has 1 spiro atoms. The Kier molecular flexibility index (Phi) is 7.05. The molecule has 0 bridgehead atoms. The van der Waals surface area contributed by atoms with Crippen LogP contribution in [0.3, 0.4) is 0 Å². The molecule has 2 aromatic rings. The summed E-state index contributed by atoms with van der Waals surface area (Å²) in [5.41, 5.74) is 4.14. The zero-order valence-electron chi connectivity index (χ0n) is 20.7. The molecule has 36 heavy (non-hydrogen) atoms. The third-order valence-electron chi connectivity index (χ3n) is 7.33. The van der Waals surface area contributed by atoms with Crippen molar-refractivity contribution in [3.8, 4) is 0 Å². The predicted octanol–water partition coefficient (Wildman–Crippen LogP) is 4.41. The largest absolute Gasteiger partial charge is 0.370 e. The summed E-state index contributed by atoms with van der Waals surface area (Å²) in [7, 11) is 0. The number of allylic oxidation sites excluding steroid dienone is 3. The van der Waals surface area contributed by atoms with Crippen LogP contribution in [0.15, 0.2) is 64.7 Å². The number of amides is 2. The minimum Gasteiger partial charge on any atom is -0.370 e. The summed E-state index contributed by atoms with van der Waals surface area (Å²) in [4.78, 5) is 35.8. The molecule has 0 radical (unpaired) electrons. The summed E-state index contributed by atoms with van der Waals surface area (Å²) in [5.74, 6) is -0.358. The SMILES string of the molecule is C=C/C=C(\C(=C/C)NC(=O)c1csc(N2Cc3ccc(SC)cc3C2=O)n1)N1CCC2(CC1)CNC2. The van der Waals surface area contributed by atoms with Crippen molar-refractivity contribution in [3.05, 3.63) is 76.6 Å². The lowest BCUT2D eigenvalue weighted by Crippen LogP contribution is -2.58. The molecule has 2 saturated heterocycles. The molecule has 1 aromatic carbocycles. The van der Waals surface area contributed by atoms with Crippen molar-refractivity contribution in [2.24, 2.45) is 5.41 Å². The average Bonchev–Trinajstić information content (AvgIpc) is 3.50. The Balaban J connectivity index is 1.27. The number of carbonyl (C=O) groups is 2. The van der Waals surface area contributed by atoms with Gasteiger partial charge in [-0.2, -0.15) is 0 Å². The fraction of sp³-hybridized carbons (Fsp3) is 0.370. The number of rotatable bonds is 7. The molecule has 1 aromatic heterocycles. The molecule has 2 fully saturated rings. The molecule has 4 heterocycles. The summed E-state index contributed by atoms with van der Waals surface area (Å²) >= 11 is 2.92. The van der Waals surface area contributed by atoms with Crippen molar-refractivity contribution in [2.75, 3.05) is 37.3 Å². The number of carbonyl (C=O) groups excluding carboxylic acids is 2. The topological polar surface area (TPSA) is 77.6 Å². The van der Waals surface area contributed by atoms with E-state index in [1.807, 2.05) is 43.5 Å². The second-order valence-electron chi connectivity index (χ2n) is 9.46. The highest BCUT2D eigenvalue weighted by molar-refractivity contribution is 7.98. The smallest absolute Gasteiger partial charge is 0.275 e. The van der Waals surface area contributed by atoms with Crippen LogP contribution in [0.5, 0.6) is 0 Å². The van der Waals surface area contributed by atoms with Crippen LogP contribution in [0.4, 0.5) is 5.13 Å². The first-order chi connectivity index (χ1) is 17.5. The maximum atomic E-state index is 13.2. The Morgan fingerprint density at radius 3 is 2.72 bits per heavy atom. The first-order valence-electron chi connectivity index (χ1n) is 12.2. The van der Waals surface area contributed by atoms with Crippen molar-refractivity contribution < 1.29 is 9.59 Å². The van der Waals surface area contributed by atoms with Gasteiger partial charge in [0, 0.05) is 42.0 Å². The van der Waals surface area contributed by atoms with Crippen LogP contribution in [0, 0.1) is 5.41 Å². The molecule has 7 nitrogen and oxygen atoms in total. The van der Waals surface area contributed by atoms with Crippen molar-refractivity contribution in [1.82, 2.24) is 20.5 Å². The van der Waals surface area contributed by atoms with Crippen LogP contribution < -0.4 is 15.5 Å². The van der Waals surface area contributed by atoms with E-state index in [2.05, 4.69) is 27.1 Å². The number of thioether (sulfide) groups is 1. The molecule has 0 atom stereocenters. The number of benzene rings is 1. The molecule has 0 unspecified atom stereocenters. The lowest BCUT2D eigenvalue weighted by Gasteiger charge is -2.49. The van der Waals surface area contributed by atoms with E-state index >= 15 is 0 Å². The number of fused-ring (bicyclic) bond motifs is 1. The van der Waals surface area contributed by atoms with E-state index in [1.54, 1.807) is 28.1 Å². The summed E-state index contributed by atoms with van der Waals surface area (Å²) in [6.07, 6.45) is 9.91. The quantitative estimate of drug-likeness (QED) is 0.415. The van der Waals surface area contributed by atoms with Gasteiger partial charge in [0.1, 0.15) is 5.69 Å². The number of aromatic nitrogens is 1. The molecule has 5 rings (SSSR count). The van der Waals surface area contributed by atoms with Crippen molar-refractivity contribution in [3.63, 3.8) is 0 Å². The van der Waals surface area contributed by atoms with Crippen LogP contribution in [0.25, 0.3) is 0 Å². The van der Waals surface area contributed by atoms with Gasteiger partial charge in [-0.3, -0.25) is 14.5 Å². The lowest BCUT2D eigenvalue weighted by atomic mass is 9.73. The van der Waals surface area contributed by atoms with Crippen molar-refractivity contribution in [1.29, 1.82) is 0 Å². The third-order valence-corrected chi connectivity index (χ3v) is 8.92. The number of nitrogens with one attached hydrogen (secondary N) is 2. The van der Waals surface area contributed by atoms with E-state index < -0.39 is 0 Å². The molecule has 9 heteroatoms. The highest BCUT2D eigenvalue weighted by Gasteiger charge is 2.40. The van der Waals surface area contributed by atoms with Gasteiger partial charge in [-0.15, -0.1) is 23.1 Å². The molecule has 3 aliphatic rings. The average molecular weight is 522 g/mol. The Morgan fingerprint density at radius 1 is 1.31 bits per heavy atom. The summed E-state index contributed by atoms with van der Waals surface area (Å²) < 4.78 is 0. The number of hydrogen-bond donors (Lipinski definition) is 2. The Hall–Kier alpha value is -2.88. The van der Waals surface area contributed by atoms with E-state index in [0.717, 1.165) is 60.9 Å². The maximum absolute atomic E-state index is 13.2. The van der Waals surface area contributed by atoms with Crippen molar-refractivity contribution >= 4 is 40.0 Å². The molecular weight excluding hydrogens is 490 g/mol. The number of piperidine rings is 1. The second kappa shape index (κ2) is 10.2. The second-order valence-corrected chi connectivity index (χ2v) is 11.2. The fourth-order valence-electron chi connectivity index (χ4n) is 5.06. The standard InChI is InChI=1S/C27H31N5O2S2/c1-4-6-23(31-11-9-27(10-12-31)16-28-17-27)21(5-2)29-24(33)22-15-36-26(30-22)32-14-18-7-8-19(35-3)13-20(18)25(32)34/h4-8,13,15,28H,1,9-12,14,16-17H2,2-3H3,(H,29,33)/b21-5+,23-6+. The van der Waals surface area contributed by atoms with E-state index in [-0.39, 0.29) is 11.8 Å². The zero-order chi connectivity index (χ0) is 25.3. The van der Waals surface area contributed by atoms with E-state index in [4.69, 9.17) is 0 Å². The zero-order valence-corrected chi connectivity index (χ0v) is 22.3. The molecule has 0 saturated carbocycles. The highest BCUT2D eigenvalue weighted by Crippen LogP contribution is 2.37. The van der Waals surface area contributed by atoms with E-state index in [1.165, 1.54) is 11.3 Å². The Bertz CT molecular complexity index is 1250.